The Hall–Kier alpha value is -4.90. The first-order valence-electron chi connectivity index (χ1n) is 15.2. The Bertz CT molecular complexity index is 1760. The summed E-state index contributed by atoms with van der Waals surface area (Å²) in [6.45, 7) is 2.61. The molecule has 2 aliphatic heterocycles. The number of methoxy groups -OCH3 is 2. The van der Waals surface area contributed by atoms with Gasteiger partial charge in [0.05, 0.1) is 19.7 Å². The standard InChI is InChI=1S/C34H38N6O5/c1-39(20-22-6-4-5-7-26(22)35-27-12-13-30(41)37-33(27)42)23-14-16-40(17-15-23)24-10-8-21(9-11-24)32-36-28-18-25(44-2)19-29(45-3)31(28)34(43)38-32/h4-11,18-19,23,27,35H,12-17,20H2,1-3H3,(H,36,38,43)(H,37,41,42). The van der Waals surface area contributed by atoms with E-state index in [1.54, 1.807) is 19.2 Å². The number of rotatable bonds is 9. The van der Waals surface area contributed by atoms with Crippen molar-refractivity contribution in [1.29, 1.82) is 0 Å². The van der Waals surface area contributed by atoms with E-state index in [1.807, 2.05) is 30.3 Å². The first-order chi connectivity index (χ1) is 21.8. The number of amides is 2. The highest BCUT2D eigenvalue weighted by Crippen LogP contribution is 2.30. The van der Waals surface area contributed by atoms with E-state index >= 15 is 0 Å². The van der Waals surface area contributed by atoms with Gasteiger partial charge in [-0.3, -0.25) is 24.6 Å². The van der Waals surface area contributed by atoms with Crippen LogP contribution in [-0.4, -0.2) is 73.1 Å². The number of piperidine rings is 2. The average Bonchev–Trinajstić information content (AvgIpc) is 3.06. The van der Waals surface area contributed by atoms with E-state index in [1.165, 1.54) is 7.11 Å². The third-order valence-corrected chi connectivity index (χ3v) is 8.80. The number of carbonyl (C=O) groups excluding carboxylic acids is 2. The minimum Gasteiger partial charge on any atom is -0.497 e. The lowest BCUT2D eigenvalue weighted by Crippen LogP contribution is -2.47. The van der Waals surface area contributed by atoms with Gasteiger partial charge in [-0.1, -0.05) is 18.2 Å². The minimum absolute atomic E-state index is 0.214. The van der Waals surface area contributed by atoms with Crippen molar-refractivity contribution in [2.24, 2.45) is 0 Å². The molecule has 2 fully saturated rings. The van der Waals surface area contributed by atoms with Gasteiger partial charge >= 0.3 is 0 Å². The molecule has 2 amide bonds. The van der Waals surface area contributed by atoms with Crippen LogP contribution in [-0.2, 0) is 16.1 Å². The summed E-state index contributed by atoms with van der Waals surface area (Å²) in [6.07, 6.45) is 2.88. The third kappa shape index (κ3) is 6.48. The van der Waals surface area contributed by atoms with Crippen molar-refractivity contribution in [2.45, 2.75) is 44.3 Å². The Morgan fingerprint density at radius 1 is 0.978 bits per heavy atom. The highest BCUT2D eigenvalue weighted by atomic mass is 16.5. The molecule has 3 heterocycles. The quantitative estimate of drug-likeness (QED) is 0.242. The number of anilines is 2. The predicted molar refractivity (Wildman–Crippen MR) is 174 cm³/mol. The number of carbonyl (C=O) groups is 2. The normalized spacial score (nSPS) is 17.4. The molecule has 234 valence electrons. The van der Waals surface area contributed by atoms with Crippen LogP contribution < -0.4 is 30.6 Å². The van der Waals surface area contributed by atoms with Crippen LogP contribution in [0.4, 0.5) is 11.4 Å². The maximum Gasteiger partial charge on any atom is 0.262 e. The predicted octanol–water partition coefficient (Wildman–Crippen LogP) is 3.93. The Morgan fingerprint density at radius 2 is 1.73 bits per heavy atom. The van der Waals surface area contributed by atoms with Gasteiger partial charge in [0.2, 0.25) is 11.8 Å². The summed E-state index contributed by atoms with van der Waals surface area (Å²) >= 11 is 0. The number of aromatic amines is 1. The van der Waals surface area contributed by atoms with Crippen molar-refractivity contribution in [3.05, 3.63) is 76.6 Å². The van der Waals surface area contributed by atoms with Crippen LogP contribution in [0.3, 0.4) is 0 Å². The van der Waals surface area contributed by atoms with E-state index in [4.69, 9.17) is 14.5 Å². The molecule has 2 saturated heterocycles. The maximum atomic E-state index is 12.9. The van der Waals surface area contributed by atoms with Crippen molar-refractivity contribution >= 4 is 34.1 Å². The van der Waals surface area contributed by atoms with Crippen LogP contribution in [0.5, 0.6) is 11.5 Å². The summed E-state index contributed by atoms with van der Waals surface area (Å²) in [5, 5.41) is 6.18. The van der Waals surface area contributed by atoms with Gasteiger partial charge in [0, 0.05) is 61.2 Å². The van der Waals surface area contributed by atoms with Crippen LogP contribution in [0, 0.1) is 0 Å². The van der Waals surface area contributed by atoms with Crippen molar-refractivity contribution < 1.29 is 19.1 Å². The number of fused-ring (bicyclic) bond motifs is 1. The number of benzene rings is 3. The zero-order valence-corrected chi connectivity index (χ0v) is 25.8. The molecule has 3 N–H and O–H groups in total. The second-order valence-electron chi connectivity index (χ2n) is 11.6. The van der Waals surface area contributed by atoms with Gasteiger partial charge < -0.3 is 24.7 Å². The van der Waals surface area contributed by atoms with Crippen LogP contribution in [0.2, 0.25) is 0 Å². The molecule has 0 radical (unpaired) electrons. The number of H-pyrrole nitrogens is 1. The Balaban J connectivity index is 1.08. The highest BCUT2D eigenvalue weighted by molar-refractivity contribution is 6.01. The van der Waals surface area contributed by atoms with Crippen LogP contribution in [0.15, 0.2) is 65.5 Å². The molecule has 0 aliphatic carbocycles. The Morgan fingerprint density at radius 3 is 2.44 bits per heavy atom. The molecular weight excluding hydrogens is 572 g/mol. The average molecular weight is 611 g/mol. The highest BCUT2D eigenvalue weighted by Gasteiger charge is 2.28. The summed E-state index contributed by atoms with van der Waals surface area (Å²) in [4.78, 5) is 49.2. The maximum absolute atomic E-state index is 12.9. The SMILES string of the molecule is COc1cc(OC)c2c(=O)[nH]c(-c3ccc(N4CCC(N(C)Cc5ccccc5NC5CCC(=O)NC5=O)CC4)cc3)nc2c1. The summed E-state index contributed by atoms with van der Waals surface area (Å²) in [7, 11) is 5.24. The van der Waals surface area contributed by atoms with E-state index in [-0.39, 0.29) is 17.4 Å². The smallest absolute Gasteiger partial charge is 0.262 e. The molecule has 0 bridgehead atoms. The molecule has 0 spiro atoms. The molecule has 2 aliphatic rings. The second kappa shape index (κ2) is 13.0. The van der Waals surface area contributed by atoms with Crippen molar-refractivity contribution in [3.63, 3.8) is 0 Å². The fraction of sp³-hybridized carbons (Fsp3) is 0.353. The molecule has 11 heteroatoms. The van der Waals surface area contributed by atoms with Gasteiger partial charge in [-0.25, -0.2) is 4.98 Å². The molecular formula is C34H38N6O5. The van der Waals surface area contributed by atoms with Crippen molar-refractivity contribution in [1.82, 2.24) is 20.2 Å². The number of nitrogens with one attached hydrogen (secondary N) is 3. The minimum atomic E-state index is -0.409. The molecule has 0 saturated carbocycles. The largest absolute Gasteiger partial charge is 0.497 e. The molecule has 3 aromatic carbocycles. The molecule has 4 aromatic rings. The lowest BCUT2D eigenvalue weighted by Gasteiger charge is -2.38. The summed E-state index contributed by atoms with van der Waals surface area (Å²) < 4.78 is 10.8. The fourth-order valence-electron chi connectivity index (χ4n) is 6.24. The number of imide groups is 1. The molecule has 6 rings (SSSR count). The summed E-state index contributed by atoms with van der Waals surface area (Å²) in [6, 6.07) is 19.6. The fourth-order valence-corrected chi connectivity index (χ4v) is 6.24. The van der Waals surface area contributed by atoms with Gasteiger partial charge in [-0.2, -0.15) is 0 Å². The number of hydrogen-bond donors (Lipinski definition) is 3. The van der Waals surface area contributed by atoms with Gasteiger partial charge in [0.25, 0.3) is 5.56 Å². The topological polar surface area (TPSA) is 129 Å². The van der Waals surface area contributed by atoms with Crippen LogP contribution >= 0.6 is 0 Å². The van der Waals surface area contributed by atoms with Gasteiger partial charge in [0.15, 0.2) is 0 Å². The number of nitrogens with zero attached hydrogens (tertiary/aromatic N) is 3. The van der Waals surface area contributed by atoms with Gasteiger partial charge in [-0.15, -0.1) is 0 Å². The van der Waals surface area contributed by atoms with Crippen LogP contribution in [0.25, 0.3) is 22.3 Å². The zero-order chi connectivity index (χ0) is 31.5. The van der Waals surface area contributed by atoms with Crippen molar-refractivity contribution in [3.8, 4) is 22.9 Å². The van der Waals surface area contributed by atoms with Gasteiger partial charge in [0.1, 0.15) is 28.8 Å². The monoisotopic (exact) mass is 610 g/mol. The summed E-state index contributed by atoms with van der Waals surface area (Å²) in [5.74, 6) is 0.998. The first kappa shape index (κ1) is 30.1. The van der Waals surface area contributed by atoms with E-state index in [0.717, 1.165) is 55.0 Å². The number of hydrogen-bond acceptors (Lipinski definition) is 9. The molecule has 1 unspecified atom stereocenters. The molecule has 45 heavy (non-hydrogen) atoms. The second-order valence-corrected chi connectivity index (χ2v) is 11.6. The van der Waals surface area contributed by atoms with E-state index in [0.29, 0.717) is 47.1 Å². The molecule has 1 aromatic heterocycles. The van der Waals surface area contributed by atoms with E-state index < -0.39 is 6.04 Å². The van der Waals surface area contributed by atoms with E-state index in [2.05, 4.69) is 50.7 Å². The first-order valence-corrected chi connectivity index (χ1v) is 15.2. The van der Waals surface area contributed by atoms with Crippen LogP contribution in [0.1, 0.15) is 31.2 Å². The number of aromatic nitrogens is 2. The van der Waals surface area contributed by atoms with Crippen molar-refractivity contribution in [2.75, 3.05) is 44.6 Å². The lowest BCUT2D eigenvalue weighted by molar-refractivity contribution is -0.133. The summed E-state index contributed by atoms with van der Waals surface area (Å²) in [5.41, 5.74) is 4.24. The molecule has 1 atom stereocenters. The molecule has 11 nitrogen and oxygen atoms in total. The third-order valence-electron chi connectivity index (χ3n) is 8.80. The van der Waals surface area contributed by atoms with E-state index in [9.17, 15) is 14.4 Å². The zero-order valence-electron chi connectivity index (χ0n) is 25.8. The number of para-hydroxylation sites is 1. The number of ether oxygens (including phenoxy) is 2. The lowest BCUT2D eigenvalue weighted by atomic mass is 10.0. The Kier molecular flexibility index (Phi) is 8.70. The van der Waals surface area contributed by atoms with Gasteiger partial charge in [-0.05, 0) is 62.2 Å². The Labute approximate surface area is 261 Å².